The van der Waals surface area contributed by atoms with Gasteiger partial charge in [-0.15, -0.1) is 0 Å². The summed E-state index contributed by atoms with van der Waals surface area (Å²) in [4.78, 5) is 8.66. The molecule has 0 fully saturated rings. The fourth-order valence-corrected chi connectivity index (χ4v) is 2.33. The Hall–Kier alpha value is -1.46. The van der Waals surface area contributed by atoms with Gasteiger partial charge in [0.05, 0.1) is 11.9 Å². The van der Waals surface area contributed by atoms with Crippen molar-refractivity contribution in [1.29, 1.82) is 0 Å². The van der Waals surface area contributed by atoms with E-state index in [4.69, 9.17) is 4.74 Å². The molecule has 0 bridgehead atoms. The van der Waals surface area contributed by atoms with E-state index >= 15 is 0 Å². The van der Waals surface area contributed by atoms with Gasteiger partial charge in [-0.3, -0.25) is 4.98 Å². The molecule has 5 heteroatoms. The van der Waals surface area contributed by atoms with Crippen molar-refractivity contribution >= 4 is 15.9 Å². The van der Waals surface area contributed by atoms with E-state index in [9.17, 15) is 0 Å². The van der Waals surface area contributed by atoms with E-state index in [0.717, 1.165) is 28.0 Å². The highest BCUT2D eigenvalue weighted by molar-refractivity contribution is 9.10. The number of aryl methyl sites for hydroxylation is 1. The molecular weight excluding hydrogens is 330 g/mol. The summed E-state index contributed by atoms with van der Waals surface area (Å²) in [7, 11) is 0. The molecule has 0 saturated carbocycles. The van der Waals surface area contributed by atoms with Crippen LogP contribution in [0.5, 0.6) is 11.6 Å². The van der Waals surface area contributed by atoms with Crippen molar-refractivity contribution in [2.75, 3.05) is 6.54 Å². The molecule has 1 aromatic heterocycles. The molecule has 0 aliphatic rings. The normalized spacial score (nSPS) is 10.9. The van der Waals surface area contributed by atoms with Crippen LogP contribution in [0.15, 0.2) is 35.1 Å². The van der Waals surface area contributed by atoms with Crippen LogP contribution in [0.4, 0.5) is 0 Å². The van der Waals surface area contributed by atoms with Gasteiger partial charge in [-0.2, -0.15) is 0 Å². The summed E-state index contributed by atoms with van der Waals surface area (Å²) in [5.41, 5.74) is 1.93. The van der Waals surface area contributed by atoms with Gasteiger partial charge in [0.2, 0.25) is 5.88 Å². The van der Waals surface area contributed by atoms with Gasteiger partial charge < -0.3 is 10.1 Å². The van der Waals surface area contributed by atoms with E-state index in [1.165, 1.54) is 0 Å². The van der Waals surface area contributed by atoms with E-state index in [1.54, 1.807) is 12.4 Å². The van der Waals surface area contributed by atoms with Crippen LogP contribution in [-0.4, -0.2) is 16.5 Å². The lowest BCUT2D eigenvalue weighted by Gasteiger charge is -2.10. The summed E-state index contributed by atoms with van der Waals surface area (Å²) in [6.07, 6.45) is 3.39. The number of benzene rings is 1. The molecule has 1 N–H and O–H groups in total. The molecule has 0 aliphatic heterocycles. The second-order valence-corrected chi connectivity index (χ2v) is 6.30. The number of nitrogens with zero attached hydrogens (tertiary/aromatic N) is 2. The number of hydrogen-bond acceptors (Lipinski definition) is 4. The molecule has 0 atom stereocenters. The second-order valence-electron chi connectivity index (χ2n) is 5.39. The zero-order valence-electron chi connectivity index (χ0n) is 12.6. The smallest absolute Gasteiger partial charge is 0.238 e. The number of aromatic nitrogens is 2. The first-order valence-electron chi connectivity index (χ1n) is 7.00. The lowest BCUT2D eigenvalue weighted by molar-refractivity contribution is 0.452. The summed E-state index contributed by atoms with van der Waals surface area (Å²) in [5.74, 6) is 1.92. The lowest BCUT2D eigenvalue weighted by atomic mass is 10.2. The maximum absolute atomic E-state index is 5.81. The van der Waals surface area contributed by atoms with Gasteiger partial charge in [-0.1, -0.05) is 29.8 Å². The predicted molar refractivity (Wildman–Crippen MR) is 87.5 cm³/mol. The SMILES string of the molecule is Cc1cc(Br)ccc1Oc1cncc(CNCC(C)C)n1. The molecule has 2 aromatic rings. The van der Waals surface area contributed by atoms with Crippen LogP contribution >= 0.6 is 15.9 Å². The highest BCUT2D eigenvalue weighted by Gasteiger charge is 2.05. The number of nitrogens with one attached hydrogen (secondary N) is 1. The molecule has 1 aromatic carbocycles. The van der Waals surface area contributed by atoms with E-state index in [1.807, 2.05) is 25.1 Å². The van der Waals surface area contributed by atoms with Crippen molar-refractivity contribution < 1.29 is 4.74 Å². The van der Waals surface area contributed by atoms with Gasteiger partial charge in [0.25, 0.3) is 0 Å². The molecule has 2 rings (SSSR count). The Balaban J connectivity index is 2.03. The van der Waals surface area contributed by atoms with Gasteiger partial charge in [-0.25, -0.2) is 4.98 Å². The van der Waals surface area contributed by atoms with E-state index < -0.39 is 0 Å². The van der Waals surface area contributed by atoms with E-state index in [0.29, 0.717) is 18.3 Å². The van der Waals surface area contributed by atoms with Crippen molar-refractivity contribution in [1.82, 2.24) is 15.3 Å². The van der Waals surface area contributed by atoms with Gasteiger partial charge in [0.1, 0.15) is 5.75 Å². The van der Waals surface area contributed by atoms with Crippen molar-refractivity contribution in [3.8, 4) is 11.6 Å². The number of ether oxygens (including phenoxy) is 1. The van der Waals surface area contributed by atoms with Crippen LogP contribution in [-0.2, 0) is 6.54 Å². The van der Waals surface area contributed by atoms with Crippen LogP contribution in [0.3, 0.4) is 0 Å². The Kier molecular flexibility index (Phi) is 5.70. The standard InChI is InChI=1S/C16H20BrN3O/c1-11(2)7-18-8-14-9-19-10-16(20-14)21-15-5-4-13(17)6-12(15)3/h4-6,9-11,18H,7-8H2,1-3H3. The Labute approximate surface area is 134 Å². The third-order valence-electron chi connectivity index (χ3n) is 2.87. The van der Waals surface area contributed by atoms with Gasteiger partial charge >= 0.3 is 0 Å². The van der Waals surface area contributed by atoms with Crippen molar-refractivity contribution in [3.63, 3.8) is 0 Å². The van der Waals surface area contributed by atoms with Crippen LogP contribution in [0.1, 0.15) is 25.1 Å². The third-order valence-corrected chi connectivity index (χ3v) is 3.37. The summed E-state index contributed by atoms with van der Waals surface area (Å²) < 4.78 is 6.84. The first-order chi connectivity index (χ1) is 10.0. The fraction of sp³-hybridized carbons (Fsp3) is 0.375. The second kappa shape index (κ2) is 7.52. The minimum absolute atomic E-state index is 0.518. The van der Waals surface area contributed by atoms with Crippen molar-refractivity contribution in [3.05, 3.63) is 46.3 Å². The van der Waals surface area contributed by atoms with Gasteiger partial charge in [0, 0.05) is 17.2 Å². The molecular formula is C16H20BrN3O. The minimum atomic E-state index is 0.518. The zero-order chi connectivity index (χ0) is 15.2. The quantitative estimate of drug-likeness (QED) is 0.853. The Morgan fingerprint density at radius 1 is 1.29 bits per heavy atom. The molecule has 0 amide bonds. The molecule has 0 radical (unpaired) electrons. The molecule has 1 heterocycles. The summed E-state index contributed by atoms with van der Waals surface area (Å²) >= 11 is 3.44. The van der Waals surface area contributed by atoms with Crippen LogP contribution in [0.2, 0.25) is 0 Å². The zero-order valence-corrected chi connectivity index (χ0v) is 14.1. The largest absolute Gasteiger partial charge is 0.437 e. The minimum Gasteiger partial charge on any atom is -0.437 e. The monoisotopic (exact) mass is 349 g/mol. The van der Waals surface area contributed by atoms with E-state index in [2.05, 4.69) is 45.1 Å². The van der Waals surface area contributed by atoms with Gasteiger partial charge in [0.15, 0.2) is 0 Å². The van der Waals surface area contributed by atoms with Crippen LogP contribution < -0.4 is 10.1 Å². The van der Waals surface area contributed by atoms with Crippen molar-refractivity contribution in [2.45, 2.75) is 27.3 Å². The Morgan fingerprint density at radius 2 is 2.10 bits per heavy atom. The molecule has 0 aliphatic carbocycles. The maximum Gasteiger partial charge on any atom is 0.238 e. The average Bonchev–Trinajstić information content (AvgIpc) is 2.42. The highest BCUT2D eigenvalue weighted by Crippen LogP contribution is 2.26. The molecule has 112 valence electrons. The lowest BCUT2D eigenvalue weighted by Crippen LogP contribution is -2.19. The molecule has 4 nitrogen and oxygen atoms in total. The van der Waals surface area contributed by atoms with E-state index in [-0.39, 0.29) is 0 Å². The van der Waals surface area contributed by atoms with Crippen LogP contribution in [0.25, 0.3) is 0 Å². The summed E-state index contributed by atoms with van der Waals surface area (Å²) in [6, 6.07) is 5.88. The molecule has 21 heavy (non-hydrogen) atoms. The summed E-state index contributed by atoms with van der Waals surface area (Å²) in [6.45, 7) is 8.00. The number of halogens is 1. The third kappa shape index (κ3) is 5.10. The first kappa shape index (κ1) is 15.9. The topological polar surface area (TPSA) is 47.0 Å². The summed E-state index contributed by atoms with van der Waals surface area (Å²) in [5, 5.41) is 3.35. The van der Waals surface area contributed by atoms with Crippen LogP contribution in [0, 0.1) is 12.8 Å². The fourth-order valence-electron chi connectivity index (χ4n) is 1.85. The molecule has 0 saturated heterocycles. The number of rotatable bonds is 6. The first-order valence-corrected chi connectivity index (χ1v) is 7.79. The Bertz CT molecular complexity index is 602. The molecule has 0 unspecified atom stereocenters. The number of hydrogen-bond donors (Lipinski definition) is 1. The highest BCUT2D eigenvalue weighted by atomic mass is 79.9. The predicted octanol–water partition coefficient (Wildman–Crippen LogP) is 4.09. The maximum atomic E-state index is 5.81. The van der Waals surface area contributed by atoms with Crippen molar-refractivity contribution in [2.24, 2.45) is 5.92 Å². The average molecular weight is 350 g/mol. The molecule has 0 spiro atoms. The van der Waals surface area contributed by atoms with Gasteiger partial charge in [-0.05, 0) is 43.1 Å². The Morgan fingerprint density at radius 3 is 2.81 bits per heavy atom.